The Balaban J connectivity index is 2.13. The van der Waals surface area contributed by atoms with Crippen LogP contribution >= 0.6 is 22.9 Å². The van der Waals surface area contributed by atoms with E-state index in [2.05, 4.69) is 26.0 Å². The lowest BCUT2D eigenvalue weighted by Gasteiger charge is -2.22. The van der Waals surface area contributed by atoms with Gasteiger partial charge in [0.05, 0.1) is 15.2 Å². The zero-order chi connectivity index (χ0) is 14.3. The Bertz CT molecular complexity index is 760. The van der Waals surface area contributed by atoms with Crippen LogP contribution in [0, 0.1) is 0 Å². The van der Waals surface area contributed by atoms with Crippen LogP contribution in [0.15, 0.2) is 42.5 Å². The summed E-state index contributed by atoms with van der Waals surface area (Å²) in [5.41, 5.74) is 8.52. The molecular formula is C16H15ClN2S. The Labute approximate surface area is 127 Å². The zero-order valence-corrected chi connectivity index (χ0v) is 12.9. The van der Waals surface area contributed by atoms with E-state index in [-0.39, 0.29) is 5.41 Å². The summed E-state index contributed by atoms with van der Waals surface area (Å²) in [6, 6.07) is 13.8. The van der Waals surface area contributed by atoms with Crippen LogP contribution in [-0.4, -0.2) is 4.98 Å². The fraction of sp³-hybridized carbons (Fsp3) is 0.188. The van der Waals surface area contributed by atoms with Crippen molar-refractivity contribution in [2.45, 2.75) is 19.3 Å². The highest BCUT2D eigenvalue weighted by Crippen LogP contribution is 2.38. The molecule has 0 unspecified atom stereocenters. The van der Waals surface area contributed by atoms with E-state index in [0.29, 0.717) is 0 Å². The van der Waals surface area contributed by atoms with Crippen molar-refractivity contribution < 1.29 is 0 Å². The number of benzene rings is 2. The van der Waals surface area contributed by atoms with Crippen LogP contribution in [0.5, 0.6) is 0 Å². The Hall–Kier alpha value is -1.58. The molecule has 2 N–H and O–H groups in total. The minimum absolute atomic E-state index is 0.166. The lowest BCUT2D eigenvalue weighted by molar-refractivity contribution is 0.637. The number of rotatable bonds is 2. The minimum atomic E-state index is -0.166. The van der Waals surface area contributed by atoms with Crippen molar-refractivity contribution in [3.8, 4) is 0 Å². The number of hydrogen-bond donors (Lipinski definition) is 1. The largest absolute Gasteiger partial charge is 0.399 e. The third kappa shape index (κ3) is 2.17. The molecular weight excluding hydrogens is 288 g/mol. The second-order valence-electron chi connectivity index (χ2n) is 5.35. The number of halogens is 1. The summed E-state index contributed by atoms with van der Waals surface area (Å²) in [6.45, 7) is 4.34. The number of anilines is 1. The first kappa shape index (κ1) is 13.4. The van der Waals surface area contributed by atoms with Gasteiger partial charge in [-0.05, 0) is 43.7 Å². The predicted molar refractivity (Wildman–Crippen MR) is 87.6 cm³/mol. The molecule has 0 aliphatic rings. The highest BCUT2D eigenvalue weighted by Gasteiger charge is 2.27. The summed E-state index contributed by atoms with van der Waals surface area (Å²) in [5, 5.41) is 1.82. The number of fused-ring (bicyclic) bond motifs is 1. The van der Waals surface area contributed by atoms with Gasteiger partial charge in [-0.3, -0.25) is 0 Å². The SMILES string of the molecule is CC(C)(c1ccc(N)cc1)c1nc2cccc(Cl)c2s1. The summed E-state index contributed by atoms with van der Waals surface area (Å²) < 4.78 is 1.05. The molecule has 1 heterocycles. The summed E-state index contributed by atoms with van der Waals surface area (Å²) in [7, 11) is 0. The van der Waals surface area contributed by atoms with Crippen LogP contribution in [0.2, 0.25) is 5.02 Å². The van der Waals surface area contributed by atoms with E-state index in [9.17, 15) is 0 Å². The van der Waals surface area contributed by atoms with Gasteiger partial charge in [-0.2, -0.15) is 0 Å². The van der Waals surface area contributed by atoms with Crippen LogP contribution < -0.4 is 5.73 Å². The lowest BCUT2D eigenvalue weighted by Crippen LogP contribution is -2.18. The molecule has 3 rings (SSSR count). The molecule has 3 aromatic rings. The van der Waals surface area contributed by atoms with Gasteiger partial charge in [0.2, 0.25) is 0 Å². The van der Waals surface area contributed by atoms with Crippen molar-refractivity contribution >= 4 is 38.8 Å². The average molecular weight is 303 g/mol. The third-order valence-electron chi connectivity index (χ3n) is 3.53. The first-order chi connectivity index (χ1) is 9.48. The molecule has 0 saturated carbocycles. The van der Waals surface area contributed by atoms with E-state index in [4.69, 9.17) is 22.3 Å². The highest BCUT2D eigenvalue weighted by molar-refractivity contribution is 7.19. The van der Waals surface area contributed by atoms with Crippen molar-refractivity contribution in [3.05, 3.63) is 58.1 Å². The van der Waals surface area contributed by atoms with Gasteiger partial charge in [0.1, 0.15) is 5.01 Å². The number of nitrogen functional groups attached to an aromatic ring is 1. The highest BCUT2D eigenvalue weighted by atomic mass is 35.5. The van der Waals surface area contributed by atoms with Gasteiger partial charge in [0.15, 0.2) is 0 Å². The van der Waals surface area contributed by atoms with Crippen LogP contribution in [0.1, 0.15) is 24.4 Å². The van der Waals surface area contributed by atoms with Crippen molar-refractivity contribution in [3.63, 3.8) is 0 Å². The maximum atomic E-state index is 6.24. The molecule has 20 heavy (non-hydrogen) atoms. The standard InChI is InChI=1S/C16H15ClN2S/c1-16(2,10-6-8-11(18)9-7-10)15-19-13-5-3-4-12(17)14(13)20-15/h3-9H,18H2,1-2H3. The van der Waals surface area contributed by atoms with Crippen LogP contribution in [0.3, 0.4) is 0 Å². The van der Waals surface area contributed by atoms with Crippen molar-refractivity contribution in [1.29, 1.82) is 0 Å². The van der Waals surface area contributed by atoms with E-state index in [1.165, 1.54) is 5.56 Å². The Morgan fingerprint density at radius 3 is 2.45 bits per heavy atom. The molecule has 2 nitrogen and oxygen atoms in total. The first-order valence-corrected chi connectivity index (χ1v) is 7.59. The summed E-state index contributed by atoms with van der Waals surface area (Å²) >= 11 is 7.90. The fourth-order valence-electron chi connectivity index (χ4n) is 2.21. The predicted octanol–water partition coefficient (Wildman–Crippen LogP) is 4.86. The Morgan fingerprint density at radius 1 is 1.10 bits per heavy atom. The Kier molecular flexibility index (Phi) is 3.19. The number of thiazole rings is 1. The number of aromatic nitrogens is 1. The molecule has 0 saturated heterocycles. The normalized spacial score (nSPS) is 11.9. The summed E-state index contributed by atoms with van der Waals surface area (Å²) in [5.74, 6) is 0. The van der Waals surface area contributed by atoms with Crippen molar-refractivity contribution in [2.24, 2.45) is 0 Å². The van der Waals surface area contributed by atoms with E-state index >= 15 is 0 Å². The smallest absolute Gasteiger partial charge is 0.104 e. The van der Waals surface area contributed by atoms with Gasteiger partial charge in [0.25, 0.3) is 0 Å². The molecule has 102 valence electrons. The molecule has 0 fully saturated rings. The monoisotopic (exact) mass is 302 g/mol. The van der Waals surface area contributed by atoms with Gasteiger partial charge < -0.3 is 5.73 Å². The molecule has 0 radical (unpaired) electrons. The van der Waals surface area contributed by atoms with Crippen LogP contribution in [0.25, 0.3) is 10.2 Å². The summed E-state index contributed by atoms with van der Waals surface area (Å²) in [4.78, 5) is 4.75. The maximum Gasteiger partial charge on any atom is 0.104 e. The van der Waals surface area contributed by atoms with Gasteiger partial charge in [-0.15, -0.1) is 11.3 Å². The van der Waals surface area contributed by atoms with Crippen molar-refractivity contribution in [1.82, 2.24) is 4.98 Å². The maximum absolute atomic E-state index is 6.24. The van der Waals surface area contributed by atoms with E-state index in [1.807, 2.05) is 30.3 Å². The van der Waals surface area contributed by atoms with Crippen LogP contribution in [0.4, 0.5) is 5.69 Å². The average Bonchev–Trinajstić information content (AvgIpc) is 2.85. The number of hydrogen-bond acceptors (Lipinski definition) is 3. The molecule has 1 aromatic heterocycles. The lowest BCUT2D eigenvalue weighted by atomic mass is 9.85. The zero-order valence-electron chi connectivity index (χ0n) is 11.4. The van der Waals surface area contributed by atoms with Gasteiger partial charge in [-0.1, -0.05) is 29.8 Å². The quantitative estimate of drug-likeness (QED) is 0.687. The van der Waals surface area contributed by atoms with Gasteiger partial charge in [-0.25, -0.2) is 4.98 Å². The second kappa shape index (κ2) is 4.76. The molecule has 0 amide bonds. The van der Waals surface area contributed by atoms with E-state index in [1.54, 1.807) is 11.3 Å². The van der Waals surface area contributed by atoms with Crippen molar-refractivity contribution in [2.75, 3.05) is 5.73 Å². The van der Waals surface area contributed by atoms with Crippen LogP contribution in [-0.2, 0) is 5.41 Å². The Morgan fingerprint density at radius 2 is 1.80 bits per heavy atom. The van der Waals surface area contributed by atoms with E-state index in [0.717, 1.165) is 25.9 Å². The molecule has 4 heteroatoms. The molecule has 0 aliphatic heterocycles. The molecule has 0 atom stereocenters. The third-order valence-corrected chi connectivity index (χ3v) is 5.39. The fourth-order valence-corrected chi connectivity index (χ4v) is 3.59. The van der Waals surface area contributed by atoms with Gasteiger partial charge in [0, 0.05) is 11.1 Å². The second-order valence-corrected chi connectivity index (χ2v) is 6.76. The molecule has 2 aromatic carbocycles. The first-order valence-electron chi connectivity index (χ1n) is 6.40. The molecule has 0 spiro atoms. The number of nitrogens with zero attached hydrogens (tertiary/aromatic N) is 1. The topological polar surface area (TPSA) is 38.9 Å². The van der Waals surface area contributed by atoms with Gasteiger partial charge >= 0.3 is 0 Å². The molecule has 0 bridgehead atoms. The number of nitrogens with two attached hydrogens (primary N) is 1. The minimum Gasteiger partial charge on any atom is -0.399 e. The summed E-state index contributed by atoms with van der Waals surface area (Å²) in [6.07, 6.45) is 0. The molecule has 0 aliphatic carbocycles. The van der Waals surface area contributed by atoms with E-state index < -0.39 is 0 Å².